The first-order valence-corrected chi connectivity index (χ1v) is 12.5. The maximum Gasteiger partial charge on any atom is 0.257 e. The summed E-state index contributed by atoms with van der Waals surface area (Å²) in [6.45, 7) is 5.72. The molecule has 5 rings (SSSR count). The van der Waals surface area contributed by atoms with Crippen LogP contribution in [0, 0.1) is 6.92 Å². The molecule has 0 N–H and O–H groups in total. The van der Waals surface area contributed by atoms with Crippen LogP contribution in [-0.2, 0) is 6.54 Å². The second-order valence-electron chi connectivity index (χ2n) is 9.48. The number of hydrogen-bond acceptors (Lipinski definition) is 6. The maximum absolute atomic E-state index is 13.6. The molecule has 2 heterocycles. The third-order valence-electron chi connectivity index (χ3n) is 7.18. The molecule has 0 spiro atoms. The second kappa shape index (κ2) is 10.2. The van der Waals surface area contributed by atoms with E-state index in [1.807, 2.05) is 33.8 Å². The van der Waals surface area contributed by atoms with Gasteiger partial charge in [0.2, 0.25) is 5.75 Å². The summed E-state index contributed by atoms with van der Waals surface area (Å²) in [4.78, 5) is 17.9. The molecule has 8 heteroatoms. The summed E-state index contributed by atoms with van der Waals surface area (Å²) in [6.07, 6.45) is 3.99. The van der Waals surface area contributed by atoms with Crippen molar-refractivity contribution in [3.63, 3.8) is 0 Å². The molecular weight excluding hydrogens is 456 g/mol. The van der Waals surface area contributed by atoms with Crippen molar-refractivity contribution < 1.29 is 19.0 Å². The molecule has 1 aliphatic heterocycles. The molecule has 1 aliphatic carbocycles. The molecule has 0 radical (unpaired) electrons. The highest BCUT2D eigenvalue weighted by atomic mass is 16.5. The first-order valence-electron chi connectivity index (χ1n) is 12.5. The Morgan fingerprint density at radius 2 is 1.67 bits per heavy atom. The Balaban J connectivity index is 1.29. The molecule has 190 valence electrons. The lowest BCUT2D eigenvalue weighted by Crippen LogP contribution is -2.48. The van der Waals surface area contributed by atoms with Gasteiger partial charge in [0.05, 0.1) is 44.5 Å². The van der Waals surface area contributed by atoms with Gasteiger partial charge in [0.25, 0.3) is 5.91 Å². The number of carbonyl (C=O) groups is 1. The predicted molar refractivity (Wildman–Crippen MR) is 138 cm³/mol. The van der Waals surface area contributed by atoms with Crippen LogP contribution in [0.25, 0.3) is 5.69 Å². The van der Waals surface area contributed by atoms with E-state index in [-0.39, 0.29) is 5.91 Å². The Hall–Kier alpha value is -3.52. The molecule has 2 fully saturated rings. The lowest BCUT2D eigenvalue weighted by molar-refractivity contribution is 0.0626. The molecule has 8 nitrogen and oxygen atoms in total. The molecule has 0 bridgehead atoms. The van der Waals surface area contributed by atoms with Gasteiger partial charge >= 0.3 is 0 Å². The summed E-state index contributed by atoms with van der Waals surface area (Å²) in [6, 6.07) is 12.1. The Labute approximate surface area is 212 Å². The molecule has 2 aromatic carbocycles. The molecule has 36 heavy (non-hydrogen) atoms. The normalized spacial score (nSPS) is 16.2. The van der Waals surface area contributed by atoms with Crippen LogP contribution in [0.2, 0.25) is 0 Å². The lowest BCUT2D eigenvalue weighted by atomic mass is 10.1. The molecule has 0 unspecified atom stereocenters. The number of para-hydroxylation sites is 1. The van der Waals surface area contributed by atoms with Gasteiger partial charge in [0.1, 0.15) is 0 Å². The van der Waals surface area contributed by atoms with Crippen molar-refractivity contribution in [3.05, 3.63) is 65.0 Å². The Morgan fingerprint density at radius 3 is 2.31 bits per heavy atom. The first-order chi connectivity index (χ1) is 17.5. The van der Waals surface area contributed by atoms with E-state index in [0.717, 1.165) is 54.0 Å². The summed E-state index contributed by atoms with van der Waals surface area (Å²) in [7, 11) is 4.88. The largest absolute Gasteiger partial charge is 0.493 e. The average molecular weight is 491 g/mol. The van der Waals surface area contributed by atoms with E-state index in [2.05, 4.69) is 29.1 Å². The number of ether oxygens (including phenoxy) is 3. The van der Waals surface area contributed by atoms with E-state index < -0.39 is 0 Å². The Kier molecular flexibility index (Phi) is 6.87. The van der Waals surface area contributed by atoms with E-state index >= 15 is 0 Å². The molecule has 1 saturated heterocycles. The number of carbonyl (C=O) groups excluding carboxylic acids is 1. The van der Waals surface area contributed by atoms with Gasteiger partial charge < -0.3 is 19.1 Å². The first kappa shape index (κ1) is 24.2. The molecule has 1 saturated carbocycles. The fourth-order valence-corrected chi connectivity index (χ4v) is 5.07. The minimum absolute atomic E-state index is 0.0834. The highest BCUT2D eigenvalue weighted by Gasteiger charge is 2.35. The van der Waals surface area contributed by atoms with Gasteiger partial charge in [0.15, 0.2) is 11.5 Å². The predicted octanol–water partition coefficient (Wildman–Crippen LogP) is 4.04. The van der Waals surface area contributed by atoms with Crippen molar-refractivity contribution in [1.29, 1.82) is 0 Å². The van der Waals surface area contributed by atoms with Gasteiger partial charge in [-0.15, -0.1) is 0 Å². The van der Waals surface area contributed by atoms with Crippen LogP contribution in [0.3, 0.4) is 0 Å². The quantitative estimate of drug-likeness (QED) is 0.475. The fraction of sp³-hybridized carbons (Fsp3) is 0.429. The van der Waals surface area contributed by atoms with E-state index in [1.165, 1.54) is 0 Å². The third kappa shape index (κ3) is 4.53. The van der Waals surface area contributed by atoms with Crippen LogP contribution >= 0.6 is 0 Å². The molecule has 0 atom stereocenters. The van der Waals surface area contributed by atoms with Gasteiger partial charge in [-0.25, -0.2) is 4.68 Å². The number of nitrogens with zero attached hydrogens (tertiary/aromatic N) is 4. The summed E-state index contributed by atoms with van der Waals surface area (Å²) >= 11 is 0. The summed E-state index contributed by atoms with van der Waals surface area (Å²) in [5.41, 5.74) is 5.04. The number of methoxy groups -OCH3 is 3. The number of piperazine rings is 1. The Bertz CT molecular complexity index is 1240. The van der Waals surface area contributed by atoms with Crippen LogP contribution in [0.1, 0.15) is 45.9 Å². The summed E-state index contributed by atoms with van der Waals surface area (Å²) in [5, 5.41) is 4.67. The van der Waals surface area contributed by atoms with E-state index in [9.17, 15) is 4.79 Å². The maximum atomic E-state index is 13.6. The topological polar surface area (TPSA) is 69.1 Å². The minimum atomic E-state index is 0.0834. The zero-order valence-electron chi connectivity index (χ0n) is 21.5. The molecule has 2 aliphatic rings. The van der Waals surface area contributed by atoms with Crippen LogP contribution < -0.4 is 14.2 Å². The van der Waals surface area contributed by atoms with Crippen molar-refractivity contribution in [3.8, 4) is 22.9 Å². The molecule has 1 aromatic heterocycles. The number of amides is 1. The Morgan fingerprint density at radius 1 is 0.944 bits per heavy atom. The average Bonchev–Trinajstić information content (AvgIpc) is 3.66. The number of benzene rings is 2. The van der Waals surface area contributed by atoms with Gasteiger partial charge in [-0.1, -0.05) is 24.3 Å². The fourth-order valence-electron chi connectivity index (χ4n) is 5.07. The number of rotatable bonds is 8. The van der Waals surface area contributed by atoms with Crippen molar-refractivity contribution in [2.45, 2.75) is 32.2 Å². The van der Waals surface area contributed by atoms with Crippen LogP contribution in [0.4, 0.5) is 0 Å². The van der Waals surface area contributed by atoms with E-state index in [1.54, 1.807) is 27.5 Å². The van der Waals surface area contributed by atoms with Gasteiger partial charge in [-0.2, -0.15) is 5.10 Å². The number of aromatic nitrogens is 2. The molecule has 1 amide bonds. The van der Waals surface area contributed by atoms with Crippen molar-refractivity contribution >= 4 is 5.91 Å². The van der Waals surface area contributed by atoms with Crippen molar-refractivity contribution in [2.24, 2.45) is 0 Å². The smallest absolute Gasteiger partial charge is 0.257 e. The van der Waals surface area contributed by atoms with Crippen LogP contribution in [0.5, 0.6) is 17.2 Å². The van der Waals surface area contributed by atoms with Crippen LogP contribution in [-0.4, -0.2) is 73.0 Å². The van der Waals surface area contributed by atoms with E-state index in [0.29, 0.717) is 42.8 Å². The highest BCUT2D eigenvalue weighted by Crippen LogP contribution is 2.43. The zero-order valence-corrected chi connectivity index (χ0v) is 21.5. The number of hydrogen-bond donors (Lipinski definition) is 0. The lowest BCUT2D eigenvalue weighted by Gasteiger charge is -2.35. The van der Waals surface area contributed by atoms with Crippen LogP contribution in [0.15, 0.2) is 42.6 Å². The van der Waals surface area contributed by atoms with Crippen molar-refractivity contribution in [1.82, 2.24) is 19.6 Å². The SMILES string of the molecule is COc1ccc(CN2CCN(C(=O)c3cnn(-c4ccccc4C)c3C3CC3)CC2)c(OC)c1OC. The van der Waals surface area contributed by atoms with Crippen molar-refractivity contribution in [2.75, 3.05) is 47.5 Å². The highest BCUT2D eigenvalue weighted by molar-refractivity contribution is 5.95. The monoisotopic (exact) mass is 490 g/mol. The third-order valence-corrected chi connectivity index (χ3v) is 7.18. The minimum Gasteiger partial charge on any atom is -0.493 e. The van der Waals surface area contributed by atoms with Gasteiger partial charge in [0, 0.05) is 44.2 Å². The summed E-state index contributed by atoms with van der Waals surface area (Å²) < 4.78 is 18.6. The molecule has 3 aromatic rings. The second-order valence-corrected chi connectivity index (χ2v) is 9.48. The standard InChI is InChI=1S/C28H34N4O4/c1-19-7-5-6-8-23(19)32-25(20-9-10-20)22(17-29-32)28(33)31-15-13-30(14-16-31)18-21-11-12-24(34-2)27(36-4)26(21)35-3/h5-8,11-12,17,20H,9-10,13-16,18H2,1-4H3. The zero-order chi connectivity index (χ0) is 25.2. The van der Waals surface area contributed by atoms with Gasteiger partial charge in [-0.05, 0) is 37.5 Å². The number of aryl methyl sites for hydroxylation is 1. The van der Waals surface area contributed by atoms with E-state index in [4.69, 9.17) is 14.2 Å². The van der Waals surface area contributed by atoms with Gasteiger partial charge in [-0.3, -0.25) is 9.69 Å². The molecular formula is C28H34N4O4. The summed E-state index contributed by atoms with van der Waals surface area (Å²) in [5.74, 6) is 2.42.